The number of nitrogens with zero attached hydrogens (tertiary/aromatic N) is 1. The summed E-state index contributed by atoms with van der Waals surface area (Å²) in [4.78, 5) is 2.63. The molecule has 2 heteroatoms. The van der Waals surface area contributed by atoms with Crippen LogP contribution < -0.4 is 5.73 Å². The number of hydrogen-bond acceptors (Lipinski definition) is 2. The molecule has 1 heterocycles. The zero-order valence-electron chi connectivity index (χ0n) is 12.0. The molecule has 1 saturated heterocycles. The van der Waals surface area contributed by atoms with Gasteiger partial charge in [0.05, 0.1) is 0 Å². The summed E-state index contributed by atoms with van der Waals surface area (Å²) in [5.41, 5.74) is 5.72. The van der Waals surface area contributed by atoms with Crippen molar-refractivity contribution >= 4 is 0 Å². The highest BCUT2D eigenvalue weighted by atomic mass is 15.1. The molecule has 0 spiro atoms. The molecular formula is C15H32N2. The number of rotatable bonds is 8. The molecule has 1 fully saturated rings. The highest BCUT2D eigenvalue weighted by Crippen LogP contribution is 2.28. The molecule has 1 rings (SSSR count). The molecule has 0 amide bonds. The monoisotopic (exact) mass is 240 g/mol. The SMILES string of the molecule is CCCC(CCN)CC1CCN(CCC)CC1. The van der Waals surface area contributed by atoms with Gasteiger partial charge in [0.1, 0.15) is 0 Å². The summed E-state index contributed by atoms with van der Waals surface area (Å²) in [7, 11) is 0. The zero-order chi connectivity index (χ0) is 12.5. The van der Waals surface area contributed by atoms with Gasteiger partial charge in [-0.05, 0) is 70.1 Å². The fraction of sp³-hybridized carbons (Fsp3) is 1.00. The normalized spacial score (nSPS) is 20.6. The van der Waals surface area contributed by atoms with Gasteiger partial charge in [-0.2, -0.15) is 0 Å². The van der Waals surface area contributed by atoms with E-state index in [1.165, 1.54) is 64.6 Å². The van der Waals surface area contributed by atoms with Gasteiger partial charge in [-0.25, -0.2) is 0 Å². The Labute approximate surface area is 108 Å². The molecule has 2 N–H and O–H groups in total. The van der Waals surface area contributed by atoms with Crippen LogP contribution in [-0.2, 0) is 0 Å². The summed E-state index contributed by atoms with van der Waals surface area (Å²) < 4.78 is 0. The zero-order valence-corrected chi connectivity index (χ0v) is 12.0. The van der Waals surface area contributed by atoms with E-state index in [2.05, 4.69) is 18.7 Å². The van der Waals surface area contributed by atoms with Gasteiger partial charge in [0, 0.05) is 0 Å². The van der Waals surface area contributed by atoms with Crippen molar-refractivity contribution < 1.29 is 0 Å². The van der Waals surface area contributed by atoms with Gasteiger partial charge in [-0.15, -0.1) is 0 Å². The predicted octanol–water partition coefficient (Wildman–Crippen LogP) is 3.26. The average molecular weight is 240 g/mol. The van der Waals surface area contributed by atoms with Crippen LogP contribution in [0.4, 0.5) is 0 Å². The molecule has 0 saturated carbocycles. The summed E-state index contributed by atoms with van der Waals surface area (Å²) in [6.07, 6.45) is 9.52. The van der Waals surface area contributed by atoms with Crippen molar-refractivity contribution in [2.45, 2.75) is 58.8 Å². The minimum Gasteiger partial charge on any atom is -0.330 e. The lowest BCUT2D eigenvalue weighted by Crippen LogP contribution is -2.34. The molecule has 0 aromatic heterocycles. The number of likely N-dealkylation sites (tertiary alicyclic amines) is 1. The molecule has 1 atom stereocenters. The van der Waals surface area contributed by atoms with E-state index in [0.717, 1.165) is 18.4 Å². The van der Waals surface area contributed by atoms with Crippen LogP contribution in [0.3, 0.4) is 0 Å². The van der Waals surface area contributed by atoms with E-state index >= 15 is 0 Å². The minimum atomic E-state index is 0.874. The first-order valence-electron chi connectivity index (χ1n) is 7.72. The fourth-order valence-electron chi connectivity index (χ4n) is 3.26. The molecule has 0 bridgehead atoms. The van der Waals surface area contributed by atoms with Crippen LogP contribution in [-0.4, -0.2) is 31.1 Å². The molecule has 0 aromatic carbocycles. The van der Waals surface area contributed by atoms with Gasteiger partial charge in [0.25, 0.3) is 0 Å². The Kier molecular flexibility index (Phi) is 7.87. The molecule has 102 valence electrons. The topological polar surface area (TPSA) is 29.3 Å². The Morgan fingerprint density at radius 2 is 1.82 bits per heavy atom. The third-order valence-corrected chi connectivity index (χ3v) is 4.19. The lowest BCUT2D eigenvalue weighted by atomic mass is 9.84. The van der Waals surface area contributed by atoms with Crippen molar-refractivity contribution in [3.05, 3.63) is 0 Å². The van der Waals surface area contributed by atoms with E-state index in [9.17, 15) is 0 Å². The van der Waals surface area contributed by atoms with Crippen molar-refractivity contribution in [3.63, 3.8) is 0 Å². The van der Waals surface area contributed by atoms with Gasteiger partial charge < -0.3 is 10.6 Å². The molecule has 1 aliphatic heterocycles. The molecule has 1 unspecified atom stereocenters. The smallest absolute Gasteiger partial charge is 0.00161 e. The number of nitrogens with two attached hydrogens (primary N) is 1. The van der Waals surface area contributed by atoms with E-state index in [4.69, 9.17) is 5.73 Å². The third kappa shape index (κ3) is 5.87. The lowest BCUT2D eigenvalue weighted by Gasteiger charge is -2.33. The van der Waals surface area contributed by atoms with Gasteiger partial charge in [0.15, 0.2) is 0 Å². The predicted molar refractivity (Wildman–Crippen MR) is 76.1 cm³/mol. The number of hydrogen-bond donors (Lipinski definition) is 1. The molecule has 2 nitrogen and oxygen atoms in total. The molecule has 0 aromatic rings. The highest BCUT2D eigenvalue weighted by Gasteiger charge is 2.21. The average Bonchev–Trinajstić information content (AvgIpc) is 2.33. The van der Waals surface area contributed by atoms with E-state index in [0.29, 0.717) is 0 Å². The van der Waals surface area contributed by atoms with Crippen LogP contribution in [0.25, 0.3) is 0 Å². The molecule has 0 aliphatic carbocycles. The maximum absolute atomic E-state index is 5.72. The van der Waals surface area contributed by atoms with Crippen molar-refractivity contribution in [2.24, 2.45) is 17.6 Å². The summed E-state index contributed by atoms with van der Waals surface area (Å²) in [6, 6.07) is 0. The molecule has 17 heavy (non-hydrogen) atoms. The first kappa shape index (κ1) is 15.0. The van der Waals surface area contributed by atoms with Crippen LogP contribution in [0.15, 0.2) is 0 Å². The number of piperidine rings is 1. The summed E-state index contributed by atoms with van der Waals surface area (Å²) in [6.45, 7) is 9.42. The van der Waals surface area contributed by atoms with E-state index < -0.39 is 0 Å². The highest BCUT2D eigenvalue weighted by molar-refractivity contribution is 4.75. The van der Waals surface area contributed by atoms with Crippen molar-refractivity contribution in [1.82, 2.24) is 4.90 Å². The minimum absolute atomic E-state index is 0.874. The molecule has 1 aliphatic rings. The maximum Gasteiger partial charge on any atom is -0.00161 e. The van der Waals surface area contributed by atoms with Crippen molar-refractivity contribution in [1.29, 1.82) is 0 Å². The van der Waals surface area contributed by atoms with E-state index in [-0.39, 0.29) is 0 Å². The van der Waals surface area contributed by atoms with E-state index in [1.807, 2.05) is 0 Å². The standard InChI is InChI=1S/C15H32N2/c1-3-5-14(6-9-16)13-15-7-11-17(10-4-2)12-8-15/h14-15H,3-13,16H2,1-2H3. The molecule has 0 radical (unpaired) electrons. The Bertz CT molecular complexity index is 168. The Hall–Kier alpha value is -0.0800. The van der Waals surface area contributed by atoms with Gasteiger partial charge >= 0.3 is 0 Å². The largest absolute Gasteiger partial charge is 0.330 e. The first-order chi connectivity index (χ1) is 8.30. The first-order valence-corrected chi connectivity index (χ1v) is 7.72. The van der Waals surface area contributed by atoms with E-state index in [1.54, 1.807) is 0 Å². The summed E-state index contributed by atoms with van der Waals surface area (Å²) >= 11 is 0. The quantitative estimate of drug-likeness (QED) is 0.705. The Morgan fingerprint density at radius 3 is 2.35 bits per heavy atom. The third-order valence-electron chi connectivity index (χ3n) is 4.19. The summed E-state index contributed by atoms with van der Waals surface area (Å²) in [5, 5.41) is 0. The van der Waals surface area contributed by atoms with Gasteiger partial charge in [0.2, 0.25) is 0 Å². The second kappa shape index (κ2) is 8.93. The Morgan fingerprint density at radius 1 is 1.12 bits per heavy atom. The fourth-order valence-corrected chi connectivity index (χ4v) is 3.26. The summed E-state index contributed by atoms with van der Waals surface area (Å²) in [5.74, 6) is 1.87. The lowest BCUT2D eigenvalue weighted by molar-refractivity contribution is 0.163. The van der Waals surface area contributed by atoms with Gasteiger partial charge in [-0.3, -0.25) is 0 Å². The van der Waals surface area contributed by atoms with Crippen LogP contribution in [0.2, 0.25) is 0 Å². The van der Waals surface area contributed by atoms with Crippen LogP contribution in [0.1, 0.15) is 58.8 Å². The van der Waals surface area contributed by atoms with Crippen molar-refractivity contribution in [2.75, 3.05) is 26.2 Å². The van der Waals surface area contributed by atoms with Crippen LogP contribution >= 0.6 is 0 Å². The maximum atomic E-state index is 5.72. The molecular weight excluding hydrogens is 208 g/mol. The Balaban J connectivity index is 2.22. The second-order valence-corrected chi connectivity index (χ2v) is 5.75. The van der Waals surface area contributed by atoms with Crippen molar-refractivity contribution in [3.8, 4) is 0 Å². The van der Waals surface area contributed by atoms with Gasteiger partial charge in [-0.1, -0.05) is 26.7 Å². The van der Waals surface area contributed by atoms with Crippen LogP contribution in [0.5, 0.6) is 0 Å². The second-order valence-electron chi connectivity index (χ2n) is 5.75. The van der Waals surface area contributed by atoms with Crippen LogP contribution in [0, 0.1) is 11.8 Å².